The second kappa shape index (κ2) is 12.0. The fourth-order valence-corrected chi connectivity index (χ4v) is 5.40. The summed E-state index contributed by atoms with van der Waals surface area (Å²) < 4.78 is 1.74. The highest BCUT2D eigenvalue weighted by atomic mass is 35.5. The number of carbonyl (C=O) groups is 2. The van der Waals surface area contributed by atoms with Crippen molar-refractivity contribution in [2.45, 2.75) is 52.1 Å². The number of aryl methyl sites for hydroxylation is 1. The molecule has 0 radical (unpaired) electrons. The standard InChI is InChI=1S/C28H35ClN6O3/c1-4-34-12-6-7-19(34)16-32-25(37)14-17-8-9-18(13-22(17)29)23-11-10-20-26(38)21(15-24(36)31-3)27(30)35(5-2)28(20)33-23/h8-11,13,19H,4-7,12,14-16,30H2,1-3H3,(H,31,36)(H,32,37). The van der Waals surface area contributed by atoms with Crippen molar-refractivity contribution in [1.29, 1.82) is 0 Å². The summed E-state index contributed by atoms with van der Waals surface area (Å²) in [6.45, 7) is 7.26. The predicted octanol–water partition coefficient (Wildman–Crippen LogP) is 2.75. The third-order valence-electron chi connectivity index (χ3n) is 7.32. The number of amides is 2. The maximum atomic E-state index is 13.1. The number of anilines is 1. The van der Waals surface area contributed by atoms with Crippen LogP contribution in [-0.2, 0) is 29.0 Å². The van der Waals surface area contributed by atoms with Gasteiger partial charge in [0.25, 0.3) is 0 Å². The minimum absolute atomic E-state index is 0.0542. The summed E-state index contributed by atoms with van der Waals surface area (Å²) in [6.07, 6.45) is 2.38. The number of halogens is 1. The summed E-state index contributed by atoms with van der Waals surface area (Å²) in [7, 11) is 1.52. The van der Waals surface area contributed by atoms with E-state index < -0.39 is 0 Å². The Morgan fingerprint density at radius 1 is 1.13 bits per heavy atom. The number of nitrogens with one attached hydrogen (secondary N) is 2. The largest absolute Gasteiger partial charge is 0.385 e. The van der Waals surface area contributed by atoms with Crippen molar-refractivity contribution in [3.05, 3.63) is 56.7 Å². The molecule has 1 aromatic carbocycles. The number of carbonyl (C=O) groups excluding carboxylic acids is 2. The molecule has 0 bridgehead atoms. The Kier molecular flexibility index (Phi) is 8.69. The van der Waals surface area contributed by atoms with Gasteiger partial charge in [-0.25, -0.2) is 4.98 Å². The minimum atomic E-state index is -0.302. The Hall–Kier alpha value is -3.43. The molecule has 0 saturated carbocycles. The smallest absolute Gasteiger partial charge is 0.224 e. The van der Waals surface area contributed by atoms with E-state index in [-0.39, 0.29) is 41.5 Å². The van der Waals surface area contributed by atoms with E-state index >= 15 is 0 Å². The first-order valence-electron chi connectivity index (χ1n) is 13.1. The molecule has 1 atom stereocenters. The van der Waals surface area contributed by atoms with Crippen LogP contribution >= 0.6 is 11.6 Å². The van der Waals surface area contributed by atoms with E-state index in [1.807, 2.05) is 19.1 Å². The topological polar surface area (TPSA) is 122 Å². The van der Waals surface area contributed by atoms with Crippen LogP contribution in [-0.4, -0.2) is 59.0 Å². The first-order valence-corrected chi connectivity index (χ1v) is 13.5. The van der Waals surface area contributed by atoms with Crippen molar-refractivity contribution < 1.29 is 9.59 Å². The second-order valence-electron chi connectivity index (χ2n) is 9.57. The summed E-state index contributed by atoms with van der Waals surface area (Å²) >= 11 is 6.58. The molecule has 2 amide bonds. The molecule has 9 nitrogen and oxygen atoms in total. The van der Waals surface area contributed by atoms with Crippen molar-refractivity contribution in [3.63, 3.8) is 0 Å². The van der Waals surface area contributed by atoms with Gasteiger partial charge in [0.05, 0.1) is 23.9 Å². The number of likely N-dealkylation sites (tertiary alicyclic amines) is 1. The summed E-state index contributed by atoms with van der Waals surface area (Å²) in [5, 5.41) is 6.46. The average Bonchev–Trinajstić information content (AvgIpc) is 3.38. The summed E-state index contributed by atoms with van der Waals surface area (Å²) in [5.41, 5.74) is 8.82. The molecular formula is C28H35ClN6O3. The SMILES string of the molecule is CCN1CCCC1CNC(=O)Cc1ccc(-c2ccc3c(=O)c(CC(=O)NC)c(N)n(CC)c3n2)cc1Cl. The van der Waals surface area contributed by atoms with Gasteiger partial charge in [-0.1, -0.05) is 30.7 Å². The molecule has 1 aliphatic rings. The van der Waals surface area contributed by atoms with E-state index in [0.717, 1.165) is 30.6 Å². The van der Waals surface area contributed by atoms with Gasteiger partial charge in [0.15, 0.2) is 5.43 Å². The highest BCUT2D eigenvalue weighted by Crippen LogP contribution is 2.27. The lowest BCUT2D eigenvalue weighted by molar-refractivity contribution is -0.121. The number of pyridine rings is 2. The van der Waals surface area contributed by atoms with E-state index in [4.69, 9.17) is 22.3 Å². The van der Waals surface area contributed by atoms with Crippen LogP contribution in [0, 0.1) is 0 Å². The molecule has 202 valence electrons. The zero-order valence-corrected chi connectivity index (χ0v) is 22.9. The van der Waals surface area contributed by atoms with Crippen LogP contribution < -0.4 is 21.8 Å². The number of hydrogen-bond acceptors (Lipinski definition) is 6. The lowest BCUT2D eigenvalue weighted by atomic mass is 10.0. The molecular weight excluding hydrogens is 504 g/mol. The molecule has 1 aliphatic heterocycles. The van der Waals surface area contributed by atoms with Gasteiger partial charge in [-0.15, -0.1) is 0 Å². The van der Waals surface area contributed by atoms with Crippen molar-refractivity contribution in [2.75, 3.05) is 32.4 Å². The van der Waals surface area contributed by atoms with Gasteiger partial charge in [-0.3, -0.25) is 19.3 Å². The van der Waals surface area contributed by atoms with Crippen LogP contribution in [0.5, 0.6) is 0 Å². The lowest BCUT2D eigenvalue weighted by Crippen LogP contribution is -2.40. The Morgan fingerprint density at radius 2 is 1.92 bits per heavy atom. The lowest BCUT2D eigenvalue weighted by Gasteiger charge is -2.22. The first kappa shape index (κ1) is 27.6. The summed E-state index contributed by atoms with van der Waals surface area (Å²) in [4.78, 5) is 44.8. The van der Waals surface area contributed by atoms with Crippen molar-refractivity contribution in [1.82, 2.24) is 25.1 Å². The van der Waals surface area contributed by atoms with Crippen molar-refractivity contribution >= 4 is 40.3 Å². The molecule has 0 aliphatic carbocycles. The number of hydrogen-bond donors (Lipinski definition) is 3. The monoisotopic (exact) mass is 538 g/mol. The van der Waals surface area contributed by atoms with Gasteiger partial charge >= 0.3 is 0 Å². The van der Waals surface area contributed by atoms with Crippen LogP contribution in [0.4, 0.5) is 5.82 Å². The Bertz CT molecular complexity index is 1420. The van der Waals surface area contributed by atoms with Gasteiger partial charge < -0.3 is 20.9 Å². The van der Waals surface area contributed by atoms with Gasteiger partial charge in [0.2, 0.25) is 11.8 Å². The van der Waals surface area contributed by atoms with Crippen LogP contribution in [0.2, 0.25) is 5.02 Å². The number of nitrogen functional groups attached to an aromatic ring is 1. The number of likely N-dealkylation sites (N-methyl/N-ethyl adjacent to an activating group) is 2. The second-order valence-corrected chi connectivity index (χ2v) is 9.97. The maximum absolute atomic E-state index is 13.1. The minimum Gasteiger partial charge on any atom is -0.385 e. The third kappa shape index (κ3) is 5.68. The van der Waals surface area contributed by atoms with E-state index in [1.54, 1.807) is 22.8 Å². The Balaban J connectivity index is 1.56. The number of nitrogens with zero attached hydrogens (tertiary/aromatic N) is 3. The number of aromatic nitrogens is 2. The molecule has 38 heavy (non-hydrogen) atoms. The zero-order chi connectivity index (χ0) is 27.4. The Labute approximate surface area is 227 Å². The molecule has 3 aromatic rings. The van der Waals surface area contributed by atoms with Crippen molar-refractivity contribution in [3.8, 4) is 11.3 Å². The molecule has 1 saturated heterocycles. The Morgan fingerprint density at radius 3 is 2.61 bits per heavy atom. The van der Waals surface area contributed by atoms with Crippen LogP contribution in [0.25, 0.3) is 22.3 Å². The molecule has 10 heteroatoms. The zero-order valence-electron chi connectivity index (χ0n) is 22.1. The molecule has 1 unspecified atom stereocenters. The molecule has 3 heterocycles. The highest BCUT2D eigenvalue weighted by Gasteiger charge is 2.23. The average molecular weight is 539 g/mol. The van der Waals surface area contributed by atoms with Crippen LogP contribution in [0.3, 0.4) is 0 Å². The van der Waals surface area contributed by atoms with E-state index in [9.17, 15) is 14.4 Å². The first-order chi connectivity index (χ1) is 18.3. The molecule has 4 rings (SSSR count). The van der Waals surface area contributed by atoms with Gasteiger partial charge in [0, 0.05) is 42.3 Å². The van der Waals surface area contributed by atoms with Crippen LogP contribution in [0.1, 0.15) is 37.8 Å². The number of nitrogens with two attached hydrogens (primary N) is 1. The normalized spacial score (nSPS) is 15.6. The van der Waals surface area contributed by atoms with Crippen molar-refractivity contribution in [2.24, 2.45) is 0 Å². The van der Waals surface area contributed by atoms with Gasteiger partial charge in [-0.05, 0) is 56.6 Å². The summed E-state index contributed by atoms with van der Waals surface area (Å²) in [5.74, 6) is -0.107. The fourth-order valence-electron chi connectivity index (χ4n) is 5.15. The maximum Gasteiger partial charge on any atom is 0.224 e. The molecule has 1 fully saturated rings. The molecule has 4 N–H and O–H groups in total. The van der Waals surface area contributed by atoms with E-state index in [0.29, 0.717) is 40.9 Å². The van der Waals surface area contributed by atoms with Gasteiger partial charge in [0.1, 0.15) is 11.5 Å². The number of rotatable bonds is 9. The fraction of sp³-hybridized carbons (Fsp3) is 0.429. The predicted molar refractivity (Wildman–Crippen MR) is 151 cm³/mol. The van der Waals surface area contributed by atoms with E-state index in [1.165, 1.54) is 13.5 Å². The molecule has 2 aromatic heterocycles. The highest BCUT2D eigenvalue weighted by molar-refractivity contribution is 6.31. The molecule has 0 spiro atoms. The number of fused-ring (bicyclic) bond motifs is 1. The number of benzene rings is 1. The summed E-state index contributed by atoms with van der Waals surface area (Å²) in [6, 6.07) is 9.35. The van der Waals surface area contributed by atoms with Crippen LogP contribution in [0.15, 0.2) is 35.1 Å². The quantitative estimate of drug-likeness (QED) is 0.385. The third-order valence-corrected chi connectivity index (χ3v) is 7.67. The van der Waals surface area contributed by atoms with Gasteiger partial charge in [-0.2, -0.15) is 0 Å². The van der Waals surface area contributed by atoms with E-state index in [2.05, 4.69) is 22.5 Å².